The highest BCUT2D eigenvalue weighted by atomic mass is 32.2. The van der Waals surface area contributed by atoms with Crippen molar-refractivity contribution in [3.63, 3.8) is 0 Å². The van der Waals surface area contributed by atoms with E-state index in [1.54, 1.807) is 23.9 Å². The third kappa shape index (κ3) is 3.81. The minimum atomic E-state index is -0.817. The quantitative estimate of drug-likeness (QED) is 0.844. The smallest absolute Gasteiger partial charge is 0.311 e. The molecule has 1 saturated carbocycles. The number of carbonyl (C=O) groups excluding carboxylic acids is 1. The Morgan fingerprint density at radius 2 is 2.05 bits per heavy atom. The Bertz CT molecular complexity index is 506. The van der Waals surface area contributed by atoms with Crippen LogP contribution in [0.3, 0.4) is 0 Å². The molecule has 0 aliphatic heterocycles. The number of thioether (sulfide) groups is 1. The SMILES string of the molecule is CSCc1ccc(C(=O)NCC2(C(=O)O)CCCCC2)o1. The van der Waals surface area contributed by atoms with Crippen molar-refractivity contribution >= 4 is 23.6 Å². The van der Waals surface area contributed by atoms with E-state index in [4.69, 9.17) is 4.42 Å². The van der Waals surface area contributed by atoms with Gasteiger partial charge in [0.1, 0.15) is 5.76 Å². The summed E-state index contributed by atoms with van der Waals surface area (Å²) < 4.78 is 5.44. The van der Waals surface area contributed by atoms with Crippen molar-refractivity contribution in [2.75, 3.05) is 12.8 Å². The highest BCUT2D eigenvalue weighted by Gasteiger charge is 2.39. The molecule has 1 amide bonds. The van der Waals surface area contributed by atoms with E-state index in [1.807, 2.05) is 6.26 Å². The van der Waals surface area contributed by atoms with Gasteiger partial charge in [-0.25, -0.2) is 0 Å². The highest BCUT2D eigenvalue weighted by molar-refractivity contribution is 7.97. The van der Waals surface area contributed by atoms with Crippen molar-refractivity contribution in [2.24, 2.45) is 5.41 Å². The summed E-state index contributed by atoms with van der Waals surface area (Å²) >= 11 is 1.62. The van der Waals surface area contributed by atoms with Crippen LogP contribution in [0, 0.1) is 5.41 Å². The van der Waals surface area contributed by atoms with Gasteiger partial charge in [0.05, 0.1) is 11.2 Å². The summed E-state index contributed by atoms with van der Waals surface area (Å²) in [5, 5.41) is 12.2. The number of hydrogen-bond donors (Lipinski definition) is 2. The van der Waals surface area contributed by atoms with Crippen LogP contribution >= 0.6 is 11.8 Å². The molecule has 5 nitrogen and oxygen atoms in total. The minimum Gasteiger partial charge on any atom is -0.481 e. The fraction of sp³-hybridized carbons (Fsp3) is 0.600. The molecule has 0 aromatic carbocycles. The van der Waals surface area contributed by atoms with Crippen LogP contribution in [0.5, 0.6) is 0 Å². The molecule has 0 saturated heterocycles. The summed E-state index contributed by atoms with van der Waals surface area (Å²) in [6.45, 7) is 0.166. The molecule has 0 unspecified atom stereocenters. The van der Waals surface area contributed by atoms with Crippen molar-refractivity contribution < 1.29 is 19.1 Å². The fourth-order valence-electron chi connectivity index (χ4n) is 2.75. The largest absolute Gasteiger partial charge is 0.481 e. The van der Waals surface area contributed by atoms with E-state index in [2.05, 4.69) is 5.32 Å². The van der Waals surface area contributed by atoms with Gasteiger partial charge in [0, 0.05) is 6.54 Å². The molecular weight excluding hydrogens is 290 g/mol. The zero-order valence-corrected chi connectivity index (χ0v) is 13.0. The van der Waals surface area contributed by atoms with E-state index in [9.17, 15) is 14.7 Å². The first kappa shape index (κ1) is 15.9. The van der Waals surface area contributed by atoms with Gasteiger partial charge >= 0.3 is 5.97 Å². The van der Waals surface area contributed by atoms with E-state index >= 15 is 0 Å². The van der Waals surface area contributed by atoms with Crippen LogP contribution in [0.4, 0.5) is 0 Å². The molecule has 1 fully saturated rings. The van der Waals surface area contributed by atoms with Crippen molar-refractivity contribution in [1.29, 1.82) is 0 Å². The first-order valence-electron chi connectivity index (χ1n) is 7.17. The number of aliphatic carboxylic acids is 1. The highest BCUT2D eigenvalue weighted by Crippen LogP contribution is 2.36. The Morgan fingerprint density at radius 1 is 1.33 bits per heavy atom. The number of furan rings is 1. The molecular formula is C15H21NO4S. The molecule has 1 heterocycles. The maximum atomic E-state index is 12.1. The maximum absolute atomic E-state index is 12.1. The number of carboxylic acids is 1. The predicted octanol–water partition coefficient (Wildman–Crippen LogP) is 2.91. The van der Waals surface area contributed by atoms with Crippen LogP contribution in [-0.2, 0) is 10.5 Å². The van der Waals surface area contributed by atoms with Gasteiger partial charge in [0.25, 0.3) is 5.91 Å². The Kier molecular flexibility index (Phi) is 5.33. The molecule has 116 valence electrons. The van der Waals surface area contributed by atoms with Crippen LogP contribution in [0.1, 0.15) is 48.4 Å². The van der Waals surface area contributed by atoms with Gasteiger partial charge in [-0.15, -0.1) is 0 Å². The van der Waals surface area contributed by atoms with Crippen LogP contribution in [0.25, 0.3) is 0 Å². The van der Waals surface area contributed by atoms with Gasteiger partial charge < -0.3 is 14.8 Å². The number of carboxylic acid groups (broad SMARTS) is 1. The number of carbonyl (C=O) groups is 2. The second-order valence-corrected chi connectivity index (χ2v) is 6.39. The van der Waals surface area contributed by atoms with Gasteiger partial charge in [-0.05, 0) is 31.2 Å². The Balaban J connectivity index is 1.96. The number of nitrogens with one attached hydrogen (secondary N) is 1. The van der Waals surface area contributed by atoms with E-state index in [1.165, 1.54) is 0 Å². The summed E-state index contributed by atoms with van der Waals surface area (Å²) in [6.07, 6.45) is 6.08. The van der Waals surface area contributed by atoms with Crippen LogP contribution < -0.4 is 5.32 Å². The zero-order valence-electron chi connectivity index (χ0n) is 12.2. The van der Waals surface area contributed by atoms with E-state index in [-0.39, 0.29) is 18.2 Å². The molecule has 0 bridgehead atoms. The zero-order chi connectivity index (χ0) is 15.3. The Labute approximate surface area is 128 Å². The number of amides is 1. The number of hydrogen-bond acceptors (Lipinski definition) is 4. The topological polar surface area (TPSA) is 79.5 Å². The lowest BCUT2D eigenvalue weighted by molar-refractivity contribution is -0.150. The first-order valence-corrected chi connectivity index (χ1v) is 8.56. The van der Waals surface area contributed by atoms with Crippen LogP contribution in [0.15, 0.2) is 16.5 Å². The Morgan fingerprint density at radius 3 is 2.67 bits per heavy atom. The second kappa shape index (κ2) is 7.02. The van der Waals surface area contributed by atoms with Gasteiger partial charge in [0.2, 0.25) is 0 Å². The monoisotopic (exact) mass is 311 g/mol. The minimum absolute atomic E-state index is 0.166. The van der Waals surface area contributed by atoms with E-state index in [0.29, 0.717) is 18.6 Å². The lowest BCUT2D eigenvalue weighted by Crippen LogP contribution is -2.44. The van der Waals surface area contributed by atoms with Crippen LogP contribution in [0.2, 0.25) is 0 Å². The second-order valence-electron chi connectivity index (χ2n) is 5.53. The maximum Gasteiger partial charge on any atom is 0.311 e. The van der Waals surface area contributed by atoms with Gasteiger partial charge in [-0.2, -0.15) is 11.8 Å². The molecule has 0 atom stereocenters. The molecule has 1 aromatic heterocycles. The van der Waals surface area contributed by atoms with Crippen molar-refractivity contribution in [3.05, 3.63) is 23.7 Å². The van der Waals surface area contributed by atoms with E-state index in [0.717, 1.165) is 25.0 Å². The lowest BCUT2D eigenvalue weighted by atomic mass is 9.74. The fourth-order valence-corrected chi connectivity index (χ4v) is 3.19. The lowest BCUT2D eigenvalue weighted by Gasteiger charge is -2.33. The molecule has 0 radical (unpaired) electrons. The molecule has 6 heteroatoms. The predicted molar refractivity (Wildman–Crippen MR) is 81.4 cm³/mol. The van der Waals surface area contributed by atoms with Crippen molar-refractivity contribution in [1.82, 2.24) is 5.32 Å². The molecule has 2 rings (SSSR count). The average Bonchev–Trinajstić information content (AvgIpc) is 2.95. The Hall–Kier alpha value is -1.43. The van der Waals surface area contributed by atoms with Gasteiger partial charge in [-0.1, -0.05) is 19.3 Å². The summed E-state index contributed by atoms with van der Waals surface area (Å²) in [6, 6.07) is 3.41. The van der Waals surface area contributed by atoms with Crippen LogP contribution in [-0.4, -0.2) is 29.8 Å². The molecule has 1 aromatic rings. The summed E-state index contributed by atoms with van der Waals surface area (Å²) in [7, 11) is 0. The average molecular weight is 311 g/mol. The summed E-state index contributed by atoms with van der Waals surface area (Å²) in [5.74, 6) is 0.555. The molecule has 1 aliphatic rings. The first-order chi connectivity index (χ1) is 10.1. The van der Waals surface area contributed by atoms with E-state index < -0.39 is 11.4 Å². The standard InChI is InChI=1S/C15H21NO4S/c1-21-9-11-5-6-12(20-11)13(17)16-10-15(14(18)19)7-3-2-4-8-15/h5-6H,2-4,7-10H2,1H3,(H,16,17)(H,18,19). The third-order valence-corrected chi connectivity index (χ3v) is 4.60. The van der Waals surface area contributed by atoms with Crippen molar-refractivity contribution in [2.45, 2.75) is 37.9 Å². The normalized spacial score (nSPS) is 17.4. The molecule has 2 N–H and O–H groups in total. The van der Waals surface area contributed by atoms with Gasteiger partial charge in [0.15, 0.2) is 5.76 Å². The third-order valence-electron chi connectivity index (χ3n) is 4.02. The summed E-state index contributed by atoms with van der Waals surface area (Å²) in [5.41, 5.74) is -0.817. The van der Waals surface area contributed by atoms with Gasteiger partial charge in [-0.3, -0.25) is 9.59 Å². The summed E-state index contributed by atoms with van der Waals surface area (Å²) in [4.78, 5) is 23.6. The molecule has 0 spiro atoms. The van der Waals surface area contributed by atoms with Crippen molar-refractivity contribution in [3.8, 4) is 0 Å². The molecule has 1 aliphatic carbocycles. The molecule has 21 heavy (non-hydrogen) atoms. The number of rotatable bonds is 6.